The van der Waals surface area contributed by atoms with Gasteiger partial charge >= 0.3 is 0 Å². The van der Waals surface area contributed by atoms with Crippen LogP contribution in [0.25, 0.3) is 22.6 Å². The summed E-state index contributed by atoms with van der Waals surface area (Å²) in [6, 6.07) is 5.49. The van der Waals surface area contributed by atoms with Crippen molar-refractivity contribution in [2.45, 2.75) is 6.92 Å². The normalized spacial score (nSPS) is 10.9. The zero-order chi connectivity index (χ0) is 16.5. The zero-order valence-corrected chi connectivity index (χ0v) is 13.6. The maximum atomic E-state index is 12.7. The van der Waals surface area contributed by atoms with Crippen molar-refractivity contribution >= 4 is 34.1 Å². The van der Waals surface area contributed by atoms with E-state index in [4.69, 9.17) is 0 Å². The van der Waals surface area contributed by atoms with Gasteiger partial charge in [-0.2, -0.15) is 11.3 Å². The van der Waals surface area contributed by atoms with Crippen molar-refractivity contribution < 1.29 is 4.79 Å². The van der Waals surface area contributed by atoms with E-state index in [1.54, 1.807) is 36.0 Å². The highest BCUT2D eigenvalue weighted by Gasteiger charge is 2.16. The first-order valence-electron chi connectivity index (χ1n) is 7.31. The molecule has 4 heterocycles. The first kappa shape index (κ1) is 14.5. The lowest BCUT2D eigenvalue weighted by Crippen LogP contribution is -2.13. The molecule has 0 aliphatic rings. The van der Waals surface area contributed by atoms with Gasteiger partial charge in [0.1, 0.15) is 11.3 Å². The number of imidazole rings is 1. The Kier molecular flexibility index (Phi) is 3.55. The van der Waals surface area contributed by atoms with E-state index in [-0.39, 0.29) is 5.91 Å². The molecule has 1 amide bonds. The molecule has 2 N–H and O–H groups in total. The number of aryl methyl sites for hydroxylation is 1. The molecular formula is C17H13N5OS. The van der Waals surface area contributed by atoms with E-state index in [9.17, 15) is 4.79 Å². The van der Waals surface area contributed by atoms with Crippen molar-refractivity contribution in [3.8, 4) is 11.4 Å². The Morgan fingerprint density at radius 3 is 2.96 bits per heavy atom. The number of aromatic nitrogens is 4. The molecular weight excluding hydrogens is 322 g/mol. The minimum atomic E-state index is -0.234. The number of H-pyrrole nitrogens is 1. The van der Waals surface area contributed by atoms with Crippen molar-refractivity contribution in [2.24, 2.45) is 0 Å². The molecule has 0 saturated carbocycles. The molecule has 4 rings (SSSR count). The number of carbonyl (C=O) groups is 1. The van der Waals surface area contributed by atoms with E-state index in [1.807, 2.05) is 29.8 Å². The summed E-state index contributed by atoms with van der Waals surface area (Å²) in [5.74, 6) is 0.471. The summed E-state index contributed by atoms with van der Waals surface area (Å²) in [6.07, 6.45) is 4.92. The maximum Gasteiger partial charge on any atom is 0.258 e. The Morgan fingerprint density at radius 2 is 2.17 bits per heavy atom. The van der Waals surface area contributed by atoms with Crippen molar-refractivity contribution in [3.05, 3.63) is 58.7 Å². The van der Waals surface area contributed by atoms with Gasteiger partial charge < -0.3 is 10.3 Å². The smallest absolute Gasteiger partial charge is 0.258 e. The zero-order valence-electron chi connectivity index (χ0n) is 12.8. The van der Waals surface area contributed by atoms with Crippen molar-refractivity contribution in [2.75, 3.05) is 5.32 Å². The Balaban J connectivity index is 1.74. The SMILES string of the molecule is Cc1ccncc1NC(=O)c1ccnc2[nH]c(-c3ccsc3)nc12. The van der Waals surface area contributed by atoms with Crippen LogP contribution in [0.5, 0.6) is 0 Å². The molecule has 4 aromatic heterocycles. The van der Waals surface area contributed by atoms with Gasteiger partial charge in [-0.1, -0.05) is 0 Å². The van der Waals surface area contributed by atoms with Gasteiger partial charge in [-0.15, -0.1) is 0 Å². The molecule has 0 atom stereocenters. The predicted octanol–water partition coefficient (Wildman–Crippen LogP) is 3.64. The summed E-state index contributed by atoms with van der Waals surface area (Å²) in [5, 5.41) is 6.86. The molecule has 0 saturated heterocycles. The second-order valence-corrected chi connectivity index (χ2v) is 6.08. The predicted molar refractivity (Wildman–Crippen MR) is 94.1 cm³/mol. The number of nitrogens with zero attached hydrogens (tertiary/aromatic N) is 3. The molecule has 0 radical (unpaired) electrons. The molecule has 0 aliphatic heterocycles. The lowest BCUT2D eigenvalue weighted by Gasteiger charge is -2.07. The summed E-state index contributed by atoms with van der Waals surface area (Å²) in [4.78, 5) is 28.7. The van der Waals surface area contributed by atoms with Gasteiger partial charge in [0.2, 0.25) is 0 Å². The lowest BCUT2D eigenvalue weighted by molar-refractivity contribution is 0.102. The van der Waals surface area contributed by atoms with Crippen LogP contribution in [0.3, 0.4) is 0 Å². The molecule has 24 heavy (non-hydrogen) atoms. The third kappa shape index (κ3) is 2.55. The van der Waals surface area contributed by atoms with E-state index in [0.717, 1.165) is 11.1 Å². The van der Waals surface area contributed by atoms with E-state index in [2.05, 4.69) is 25.3 Å². The van der Waals surface area contributed by atoms with Crippen LogP contribution in [0.4, 0.5) is 5.69 Å². The highest BCUT2D eigenvalue weighted by molar-refractivity contribution is 7.08. The number of hydrogen-bond donors (Lipinski definition) is 2. The van der Waals surface area contributed by atoms with Crippen LogP contribution in [-0.2, 0) is 0 Å². The van der Waals surface area contributed by atoms with E-state index >= 15 is 0 Å². The third-order valence-electron chi connectivity index (χ3n) is 3.71. The van der Waals surface area contributed by atoms with Gasteiger partial charge in [-0.3, -0.25) is 9.78 Å². The summed E-state index contributed by atoms with van der Waals surface area (Å²) in [7, 11) is 0. The number of amides is 1. The van der Waals surface area contributed by atoms with Crippen molar-refractivity contribution in [1.29, 1.82) is 0 Å². The molecule has 0 bridgehead atoms. The van der Waals surface area contributed by atoms with Crippen molar-refractivity contribution in [3.63, 3.8) is 0 Å². The van der Waals surface area contributed by atoms with Crippen LogP contribution in [-0.4, -0.2) is 25.8 Å². The fraction of sp³-hybridized carbons (Fsp3) is 0.0588. The van der Waals surface area contributed by atoms with Gasteiger partial charge in [0.25, 0.3) is 5.91 Å². The topological polar surface area (TPSA) is 83.6 Å². The number of carbonyl (C=O) groups excluding carboxylic acids is 1. The van der Waals surface area contributed by atoms with E-state index < -0.39 is 0 Å². The van der Waals surface area contributed by atoms with Crippen LogP contribution >= 0.6 is 11.3 Å². The number of hydrogen-bond acceptors (Lipinski definition) is 5. The summed E-state index contributed by atoms with van der Waals surface area (Å²) in [6.45, 7) is 1.92. The molecule has 0 spiro atoms. The molecule has 0 aliphatic carbocycles. The van der Waals surface area contributed by atoms with Gasteiger partial charge in [-0.05, 0) is 36.1 Å². The second kappa shape index (κ2) is 5.86. The number of thiophene rings is 1. The number of aromatic amines is 1. The molecule has 0 aromatic carbocycles. The molecule has 0 fully saturated rings. The van der Waals surface area contributed by atoms with Gasteiger partial charge in [0.05, 0.1) is 17.4 Å². The molecule has 118 valence electrons. The van der Waals surface area contributed by atoms with E-state index in [1.165, 1.54) is 0 Å². The number of anilines is 1. The molecule has 4 aromatic rings. The third-order valence-corrected chi connectivity index (χ3v) is 4.39. The van der Waals surface area contributed by atoms with Crippen molar-refractivity contribution in [1.82, 2.24) is 19.9 Å². The van der Waals surface area contributed by atoms with Crippen LogP contribution in [0.2, 0.25) is 0 Å². The summed E-state index contributed by atoms with van der Waals surface area (Å²) >= 11 is 1.59. The minimum Gasteiger partial charge on any atom is -0.323 e. The fourth-order valence-electron chi connectivity index (χ4n) is 2.41. The van der Waals surface area contributed by atoms with Crippen LogP contribution < -0.4 is 5.32 Å². The highest BCUT2D eigenvalue weighted by atomic mass is 32.1. The van der Waals surface area contributed by atoms with Gasteiger partial charge in [0, 0.05) is 23.3 Å². The molecule has 7 heteroatoms. The van der Waals surface area contributed by atoms with Gasteiger partial charge in [-0.25, -0.2) is 9.97 Å². The number of rotatable bonds is 3. The van der Waals surface area contributed by atoms with Crippen LogP contribution in [0.1, 0.15) is 15.9 Å². The fourth-order valence-corrected chi connectivity index (χ4v) is 3.05. The Labute approximate surface area is 141 Å². The van der Waals surface area contributed by atoms with Crippen LogP contribution in [0.15, 0.2) is 47.5 Å². The average molecular weight is 335 g/mol. The molecule has 0 unspecified atom stereocenters. The highest BCUT2D eigenvalue weighted by Crippen LogP contribution is 2.24. The number of pyridine rings is 2. The largest absolute Gasteiger partial charge is 0.323 e. The lowest BCUT2D eigenvalue weighted by atomic mass is 10.2. The first-order chi connectivity index (χ1) is 11.7. The summed E-state index contributed by atoms with van der Waals surface area (Å²) in [5.41, 5.74) is 4.23. The number of nitrogens with one attached hydrogen (secondary N) is 2. The maximum absolute atomic E-state index is 12.7. The van der Waals surface area contributed by atoms with Gasteiger partial charge in [0.15, 0.2) is 5.65 Å². The Hall–Kier alpha value is -3.06. The first-order valence-corrected chi connectivity index (χ1v) is 8.26. The molecule has 6 nitrogen and oxygen atoms in total. The second-order valence-electron chi connectivity index (χ2n) is 5.30. The number of fused-ring (bicyclic) bond motifs is 1. The van der Waals surface area contributed by atoms with Crippen LogP contribution in [0, 0.1) is 6.92 Å². The quantitative estimate of drug-likeness (QED) is 0.599. The average Bonchev–Trinajstić information content (AvgIpc) is 3.25. The minimum absolute atomic E-state index is 0.234. The van der Waals surface area contributed by atoms with E-state index in [0.29, 0.717) is 28.2 Å². The summed E-state index contributed by atoms with van der Waals surface area (Å²) < 4.78 is 0. The standard InChI is InChI=1S/C17H13N5OS/c1-10-2-5-18-8-13(10)20-17(23)12-3-6-19-16-14(12)21-15(22-16)11-4-7-24-9-11/h2-9H,1H3,(H,20,23)(H,19,21,22). The Bertz CT molecular complexity index is 1020. The Morgan fingerprint density at radius 1 is 1.25 bits per heavy atom. The monoisotopic (exact) mass is 335 g/mol.